The predicted octanol–water partition coefficient (Wildman–Crippen LogP) is 6.25. The van der Waals surface area contributed by atoms with Crippen molar-refractivity contribution in [2.24, 2.45) is 7.05 Å². The van der Waals surface area contributed by atoms with Crippen LogP contribution in [0, 0.1) is 20.8 Å². The molecule has 6 aromatic rings. The number of fused-ring (bicyclic) bond motifs is 2. The first-order chi connectivity index (χ1) is 20.1. The van der Waals surface area contributed by atoms with Gasteiger partial charge in [-0.3, -0.25) is 9.36 Å². The molecule has 42 heavy (non-hydrogen) atoms. The molecule has 214 valence electrons. The van der Waals surface area contributed by atoms with Gasteiger partial charge in [-0.15, -0.1) is 0 Å². The topological polar surface area (TPSA) is 92.7 Å². The molecule has 0 unspecified atom stereocenters. The Hall–Kier alpha value is -4.79. The van der Waals surface area contributed by atoms with Gasteiger partial charge in [-0.25, -0.2) is 14.5 Å². The highest BCUT2D eigenvalue weighted by Crippen LogP contribution is 2.36. The number of esters is 1. The Morgan fingerprint density at radius 2 is 1.81 bits per heavy atom. The molecule has 4 aromatic heterocycles. The molecule has 6 rings (SSSR count). The predicted molar refractivity (Wildman–Crippen MR) is 164 cm³/mol. The van der Waals surface area contributed by atoms with E-state index in [1.54, 1.807) is 4.68 Å². The van der Waals surface area contributed by atoms with E-state index in [1.165, 1.54) is 12.7 Å². The summed E-state index contributed by atoms with van der Waals surface area (Å²) in [6.45, 7) is 11.2. The number of hydrogen-bond donors (Lipinski definition) is 0. The van der Waals surface area contributed by atoms with Gasteiger partial charge >= 0.3 is 5.97 Å². The number of pyridine rings is 1. The number of nitrogens with zero attached hydrogens (tertiary/aromatic N) is 7. The van der Waals surface area contributed by atoms with Crippen LogP contribution in [0.4, 0.5) is 0 Å². The monoisotopic (exact) mass is 561 g/mol. The first kappa shape index (κ1) is 27.4. The molecule has 9 nitrogen and oxygen atoms in total. The van der Waals surface area contributed by atoms with Gasteiger partial charge in [0, 0.05) is 53.6 Å². The summed E-state index contributed by atoms with van der Waals surface area (Å²) in [6.07, 6.45) is 4.89. The average Bonchev–Trinajstić information content (AvgIpc) is 3.64. The Morgan fingerprint density at radius 1 is 1.00 bits per heavy atom. The van der Waals surface area contributed by atoms with Crippen LogP contribution in [0.1, 0.15) is 58.2 Å². The maximum absolute atomic E-state index is 12.0. The zero-order valence-corrected chi connectivity index (χ0v) is 25.1. The van der Waals surface area contributed by atoms with Gasteiger partial charge < -0.3 is 4.74 Å². The molecule has 0 aliphatic heterocycles. The molecule has 0 saturated carbocycles. The Labute approximate surface area is 244 Å². The van der Waals surface area contributed by atoms with Crippen LogP contribution in [0.15, 0.2) is 54.9 Å². The molecule has 0 bridgehead atoms. The van der Waals surface area contributed by atoms with Crippen molar-refractivity contribution in [3.63, 3.8) is 0 Å². The minimum Gasteiger partial charge on any atom is -0.465 e. The van der Waals surface area contributed by atoms with Crippen LogP contribution in [-0.2, 0) is 24.8 Å². The van der Waals surface area contributed by atoms with Crippen LogP contribution in [0.2, 0.25) is 0 Å². The highest BCUT2D eigenvalue weighted by Gasteiger charge is 2.23. The van der Waals surface area contributed by atoms with Crippen LogP contribution in [0.5, 0.6) is 0 Å². The minimum absolute atomic E-state index is 0.269. The van der Waals surface area contributed by atoms with Crippen molar-refractivity contribution >= 4 is 27.9 Å². The van der Waals surface area contributed by atoms with Crippen LogP contribution >= 0.6 is 0 Å². The molecule has 0 radical (unpaired) electrons. The number of hydrogen-bond acceptors (Lipinski definition) is 6. The Kier molecular flexibility index (Phi) is 6.88. The first-order valence-corrected chi connectivity index (χ1v) is 14.2. The van der Waals surface area contributed by atoms with Crippen molar-refractivity contribution in [2.45, 2.75) is 53.5 Å². The fraction of sp³-hybridized carbons (Fsp3) is 0.303. The first-order valence-electron chi connectivity index (χ1n) is 14.2. The van der Waals surface area contributed by atoms with E-state index >= 15 is 0 Å². The van der Waals surface area contributed by atoms with Crippen molar-refractivity contribution in [3.8, 4) is 16.9 Å². The number of aryl methyl sites for hydroxylation is 5. The van der Waals surface area contributed by atoms with Crippen LogP contribution in [0.3, 0.4) is 0 Å². The van der Waals surface area contributed by atoms with E-state index in [-0.39, 0.29) is 11.9 Å². The van der Waals surface area contributed by atoms with Crippen molar-refractivity contribution in [1.29, 1.82) is 0 Å². The number of carbonyl (C=O) groups is 1. The van der Waals surface area contributed by atoms with Gasteiger partial charge in [-0.05, 0) is 62.4 Å². The quantitative estimate of drug-likeness (QED) is 0.214. The van der Waals surface area contributed by atoms with E-state index in [0.717, 1.165) is 67.8 Å². The van der Waals surface area contributed by atoms with E-state index in [2.05, 4.69) is 50.3 Å². The molecule has 9 heteroatoms. The lowest BCUT2D eigenvalue weighted by atomic mass is 9.95. The molecule has 2 aromatic carbocycles. The Balaban J connectivity index is 1.37. The van der Waals surface area contributed by atoms with E-state index < -0.39 is 0 Å². The normalized spacial score (nSPS) is 11.7. The number of benzene rings is 2. The summed E-state index contributed by atoms with van der Waals surface area (Å²) in [4.78, 5) is 16.7. The lowest BCUT2D eigenvalue weighted by Gasteiger charge is -2.10. The Morgan fingerprint density at radius 3 is 2.55 bits per heavy atom. The largest absolute Gasteiger partial charge is 0.465 e. The van der Waals surface area contributed by atoms with E-state index in [0.29, 0.717) is 12.1 Å². The highest BCUT2D eigenvalue weighted by molar-refractivity contribution is 5.94. The molecule has 0 aliphatic rings. The van der Waals surface area contributed by atoms with Crippen LogP contribution in [-0.4, -0.2) is 47.4 Å². The molecule has 0 saturated heterocycles. The highest BCUT2D eigenvalue weighted by atomic mass is 16.5. The number of rotatable bonds is 7. The third-order valence-electron chi connectivity index (χ3n) is 7.92. The second kappa shape index (κ2) is 10.6. The third kappa shape index (κ3) is 4.74. The molecular weight excluding hydrogens is 526 g/mol. The summed E-state index contributed by atoms with van der Waals surface area (Å²) in [5.74, 6) is -0.0435. The maximum Gasteiger partial charge on any atom is 0.338 e. The molecule has 0 fully saturated rings. The lowest BCUT2D eigenvalue weighted by Crippen LogP contribution is -2.06. The Bertz CT molecular complexity index is 1980. The molecule has 0 N–H and O–H groups in total. The fourth-order valence-electron chi connectivity index (χ4n) is 5.88. The van der Waals surface area contributed by atoms with E-state index in [4.69, 9.17) is 19.9 Å². The van der Waals surface area contributed by atoms with Gasteiger partial charge in [0.15, 0.2) is 5.65 Å². The van der Waals surface area contributed by atoms with Gasteiger partial charge in [-0.2, -0.15) is 15.3 Å². The van der Waals surface area contributed by atoms with Gasteiger partial charge in [-0.1, -0.05) is 38.1 Å². The maximum atomic E-state index is 12.0. The van der Waals surface area contributed by atoms with Crippen molar-refractivity contribution < 1.29 is 9.53 Å². The summed E-state index contributed by atoms with van der Waals surface area (Å²) in [5, 5.41) is 16.6. The zero-order valence-electron chi connectivity index (χ0n) is 25.1. The van der Waals surface area contributed by atoms with Crippen LogP contribution < -0.4 is 0 Å². The third-order valence-corrected chi connectivity index (χ3v) is 7.92. The smallest absolute Gasteiger partial charge is 0.338 e. The number of carbonyl (C=O) groups excluding carboxylic acids is 1. The van der Waals surface area contributed by atoms with Gasteiger partial charge in [0.1, 0.15) is 0 Å². The van der Waals surface area contributed by atoms with Gasteiger partial charge in [0.05, 0.1) is 35.3 Å². The lowest BCUT2D eigenvalue weighted by molar-refractivity contribution is 0.0600. The van der Waals surface area contributed by atoms with Crippen molar-refractivity contribution in [1.82, 2.24) is 34.3 Å². The second-order valence-corrected chi connectivity index (χ2v) is 11.2. The molecule has 0 atom stereocenters. The molecule has 4 heterocycles. The fourth-order valence-corrected chi connectivity index (χ4v) is 5.88. The van der Waals surface area contributed by atoms with Crippen molar-refractivity contribution in [3.05, 3.63) is 88.5 Å². The minimum atomic E-state index is -0.313. The molecule has 0 amide bonds. The van der Waals surface area contributed by atoms with E-state index in [9.17, 15) is 4.79 Å². The van der Waals surface area contributed by atoms with Gasteiger partial charge in [0.2, 0.25) is 0 Å². The standard InChI is InChI=1S/C33H35N7O2/c1-19(2)30-22(5)40(29-16-24-17-38(6)37-32(24)34-21(29)4)36-31(30)26-9-8-10-28-27(26)18-39(35-28)14-13-23-11-12-25(20(3)15-23)33(41)42-7/h8-12,15-19H,13-14H2,1-7H3. The van der Waals surface area contributed by atoms with Crippen molar-refractivity contribution in [2.75, 3.05) is 7.11 Å². The number of ether oxygens (including phenoxy) is 1. The SMILES string of the molecule is COC(=O)c1ccc(CCn2cc3c(-c4nn(-c5cc6cn(C)nc6nc5C)c(C)c4C(C)C)cccc3n2)cc1C. The molecular formula is C33H35N7O2. The number of aromatic nitrogens is 7. The van der Waals surface area contributed by atoms with Gasteiger partial charge in [0.25, 0.3) is 0 Å². The average molecular weight is 562 g/mol. The summed E-state index contributed by atoms with van der Waals surface area (Å²) >= 11 is 0. The zero-order chi connectivity index (χ0) is 29.7. The molecule has 0 aliphatic carbocycles. The van der Waals surface area contributed by atoms with E-state index in [1.807, 2.05) is 60.7 Å². The number of methoxy groups -OCH3 is 1. The summed E-state index contributed by atoms with van der Waals surface area (Å²) < 4.78 is 10.7. The second-order valence-electron chi connectivity index (χ2n) is 11.2. The summed E-state index contributed by atoms with van der Waals surface area (Å²) in [5.41, 5.74) is 10.5. The molecule has 0 spiro atoms. The summed E-state index contributed by atoms with van der Waals surface area (Å²) in [6, 6.07) is 14.2. The van der Waals surface area contributed by atoms with Crippen LogP contribution in [0.25, 0.3) is 38.9 Å². The summed E-state index contributed by atoms with van der Waals surface area (Å²) in [7, 11) is 3.31.